The van der Waals surface area contributed by atoms with Crippen LogP contribution in [0.25, 0.3) is 0 Å². The zero-order valence-corrected chi connectivity index (χ0v) is 11.6. The van der Waals surface area contributed by atoms with Crippen molar-refractivity contribution in [2.45, 2.75) is 26.3 Å². The summed E-state index contributed by atoms with van der Waals surface area (Å²) in [6, 6.07) is 1.09. The van der Waals surface area contributed by atoms with Crippen molar-refractivity contribution in [1.29, 1.82) is 0 Å². The highest BCUT2D eigenvalue weighted by molar-refractivity contribution is 5.92. The molecule has 110 valence electrons. The molecule has 1 aromatic rings. The van der Waals surface area contributed by atoms with Crippen molar-refractivity contribution >= 4 is 5.91 Å². The van der Waals surface area contributed by atoms with Crippen LogP contribution in [0.15, 0.2) is 15.7 Å². The number of carbonyl (C=O) groups excluding carboxylic acids is 1. The van der Waals surface area contributed by atoms with Gasteiger partial charge in [-0.2, -0.15) is 0 Å². The molecule has 1 aliphatic rings. The first-order chi connectivity index (χ1) is 9.47. The van der Waals surface area contributed by atoms with Crippen LogP contribution in [0.1, 0.15) is 30.8 Å². The first kappa shape index (κ1) is 14.5. The number of rotatable bonds is 3. The Balaban J connectivity index is 2.25. The number of hydrogen-bond acceptors (Lipinski definition) is 4. The van der Waals surface area contributed by atoms with E-state index in [-0.39, 0.29) is 17.6 Å². The molecular formula is C13H19N3O4. The van der Waals surface area contributed by atoms with E-state index in [2.05, 4.69) is 18.8 Å². The summed E-state index contributed by atoms with van der Waals surface area (Å²) in [5.41, 5.74) is -1.23. The molecule has 1 aromatic heterocycles. The number of nitrogens with one attached hydrogen (secondary N) is 2. The maximum absolute atomic E-state index is 12.4. The van der Waals surface area contributed by atoms with Crippen LogP contribution in [0.5, 0.6) is 0 Å². The van der Waals surface area contributed by atoms with Crippen molar-refractivity contribution in [3.63, 3.8) is 0 Å². The van der Waals surface area contributed by atoms with E-state index >= 15 is 0 Å². The summed E-state index contributed by atoms with van der Waals surface area (Å²) in [5, 5.41) is 0. The van der Waals surface area contributed by atoms with Gasteiger partial charge >= 0.3 is 5.69 Å². The van der Waals surface area contributed by atoms with E-state index in [4.69, 9.17) is 4.74 Å². The Labute approximate surface area is 116 Å². The van der Waals surface area contributed by atoms with Gasteiger partial charge in [-0.3, -0.25) is 14.6 Å². The standard InChI is InChI=1S/C13H19N3O4/c1-8(2)5-9-7-20-4-3-16(9)12(18)10-6-11(17)15-13(19)14-10/h6,8-9H,3-5,7H2,1-2H3,(H2,14,15,17,19)/t9-/m0/s1. The van der Waals surface area contributed by atoms with E-state index in [1.54, 1.807) is 4.90 Å². The van der Waals surface area contributed by atoms with Crippen LogP contribution in [-0.2, 0) is 4.74 Å². The van der Waals surface area contributed by atoms with Gasteiger partial charge in [0, 0.05) is 12.6 Å². The van der Waals surface area contributed by atoms with Gasteiger partial charge in [0.15, 0.2) is 0 Å². The fraction of sp³-hybridized carbons (Fsp3) is 0.615. The molecule has 20 heavy (non-hydrogen) atoms. The summed E-state index contributed by atoms with van der Waals surface area (Å²) in [6.07, 6.45) is 0.819. The molecule has 2 rings (SSSR count). The minimum atomic E-state index is -0.672. The normalized spacial score (nSPS) is 19.4. The van der Waals surface area contributed by atoms with Crippen LogP contribution in [0.2, 0.25) is 0 Å². The van der Waals surface area contributed by atoms with Crippen LogP contribution in [0.3, 0.4) is 0 Å². The third-order valence-electron chi connectivity index (χ3n) is 3.22. The van der Waals surface area contributed by atoms with E-state index in [0.29, 0.717) is 25.7 Å². The second-order valence-electron chi connectivity index (χ2n) is 5.36. The van der Waals surface area contributed by atoms with Gasteiger partial charge in [0.2, 0.25) is 0 Å². The third kappa shape index (κ3) is 3.36. The Morgan fingerprint density at radius 1 is 1.45 bits per heavy atom. The van der Waals surface area contributed by atoms with Crippen molar-refractivity contribution in [2.75, 3.05) is 19.8 Å². The number of aromatic amines is 2. The van der Waals surface area contributed by atoms with Crippen LogP contribution < -0.4 is 11.2 Å². The van der Waals surface area contributed by atoms with Crippen LogP contribution in [0.4, 0.5) is 0 Å². The van der Waals surface area contributed by atoms with E-state index in [1.165, 1.54) is 0 Å². The number of aromatic nitrogens is 2. The zero-order valence-electron chi connectivity index (χ0n) is 11.6. The van der Waals surface area contributed by atoms with Gasteiger partial charge in [0.05, 0.1) is 19.3 Å². The molecule has 0 aromatic carbocycles. The average molecular weight is 281 g/mol. The van der Waals surface area contributed by atoms with E-state index < -0.39 is 11.2 Å². The summed E-state index contributed by atoms with van der Waals surface area (Å²) >= 11 is 0. The van der Waals surface area contributed by atoms with Crippen molar-refractivity contribution < 1.29 is 9.53 Å². The maximum atomic E-state index is 12.4. The largest absolute Gasteiger partial charge is 0.377 e. The van der Waals surface area contributed by atoms with E-state index in [0.717, 1.165) is 12.5 Å². The molecule has 2 heterocycles. The Morgan fingerprint density at radius 2 is 2.20 bits per heavy atom. The second kappa shape index (κ2) is 6.04. The van der Waals surface area contributed by atoms with Crippen LogP contribution in [0, 0.1) is 5.92 Å². The zero-order chi connectivity index (χ0) is 14.7. The molecule has 7 nitrogen and oxygen atoms in total. The Morgan fingerprint density at radius 3 is 2.85 bits per heavy atom. The lowest BCUT2D eigenvalue weighted by atomic mass is 10.0. The molecule has 0 spiro atoms. The van der Waals surface area contributed by atoms with E-state index in [1.807, 2.05) is 4.98 Å². The fourth-order valence-corrected chi connectivity index (χ4v) is 2.40. The van der Waals surface area contributed by atoms with E-state index in [9.17, 15) is 14.4 Å². The van der Waals surface area contributed by atoms with Gasteiger partial charge in [-0.15, -0.1) is 0 Å². The SMILES string of the molecule is CC(C)C[C@H]1COCCN1C(=O)c1cc(=O)[nH]c(=O)[nH]1. The van der Waals surface area contributed by atoms with Gasteiger partial charge < -0.3 is 14.6 Å². The summed E-state index contributed by atoms with van der Waals surface area (Å²) in [7, 11) is 0. The average Bonchev–Trinajstić information content (AvgIpc) is 2.36. The molecule has 1 amide bonds. The lowest BCUT2D eigenvalue weighted by Gasteiger charge is -2.36. The molecule has 1 atom stereocenters. The number of ether oxygens (including phenoxy) is 1. The minimum absolute atomic E-state index is 0.0226. The lowest BCUT2D eigenvalue weighted by Crippen LogP contribution is -2.50. The summed E-state index contributed by atoms with van der Waals surface area (Å²) in [6.45, 7) is 5.56. The topological polar surface area (TPSA) is 95.3 Å². The Kier molecular flexibility index (Phi) is 4.39. The highest BCUT2D eigenvalue weighted by Gasteiger charge is 2.29. The smallest absolute Gasteiger partial charge is 0.326 e. The van der Waals surface area contributed by atoms with Crippen molar-refractivity contribution in [1.82, 2.24) is 14.9 Å². The predicted molar refractivity (Wildman–Crippen MR) is 72.8 cm³/mol. The molecule has 0 unspecified atom stereocenters. The summed E-state index contributed by atoms with van der Waals surface area (Å²) in [5.74, 6) is 0.0948. The number of amides is 1. The molecule has 1 aliphatic heterocycles. The van der Waals surface area contributed by atoms with Gasteiger partial charge in [0.25, 0.3) is 11.5 Å². The van der Waals surface area contributed by atoms with Gasteiger partial charge in [-0.25, -0.2) is 4.79 Å². The molecule has 0 aliphatic carbocycles. The predicted octanol–water partition coefficient (Wildman–Crippen LogP) is -0.0497. The third-order valence-corrected chi connectivity index (χ3v) is 3.22. The number of morpholine rings is 1. The molecular weight excluding hydrogens is 262 g/mol. The quantitative estimate of drug-likeness (QED) is 0.812. The van der Waals surface area contributed by atoms with Crippen molar-refractivity contribution in [3.05, 3.63) is 32.6 Å². The monoisotopic (exact) mass is 281 g/mol. The molecule has 0 radical (unpaired) electrons. The highest BCUT2D eigenvalue weighted by atomic mass is 16.5. The minimum Gasteiger partial charge on any atom is -0.377 e. The molecule has 0 saturated carbocycles. The molecule has 0 bridgehead atoms. The Bertz CT molecular complexity index is 562. The maximum Gasteiger partial charge on any atom is 0.326 e. The van der Waals surface area contributed by atoms with Crippen molar-refractivity contribution in [2.24, 2.45) is 5.92 Å². The van der Waals surface area contributed by atoms with Gasteiger partial charge in [0.1, 0.15) is 5.69 Å². The molecule has 1 fully saturated rings. The highest BCUT2D eigenvalue weighted by Crippen LogP contribution is 2.17. The molecule has 1 saturated heterocycles. The summed E-state index contributed by atoms with van der Waals surface area (Å²) < 4.78 is 5.41. The second-order valence-corrected chi connectivity index (χ2v) is 5.36. The lowest BCUT2D eigenvalue weighted by molar-refractivity contribution is -0.00779. The number of H-pyrrole nitrogens is 2. The molecule has 7 heteroatoms. The van der Waals surface area contributed by atoms with Crippen molar-refractivity contribution in [3.8, 4) is 0 Å². The van der Waals surface area contributed by atoms with Gasteiger partial charge in [-0.1, -0.05) is 13.8 Å². The fourth-order valence-electron chi connectivity index (χ4n) is 2.40. The first-order valence-electron chi connectivity index (χ1n) is 6.69. The van der Waals surface area contributed by atoms with Gasteiger partial charge in [-0.05, 0) is 12.3 Å². The van der Waals surface area contributed by atoms with Crippen LogP contribution in [-0.4, -0.2) is 46.6 Å². The first-order valence-corrected chi connectivity index (χ1v) is 6.69. The number of hydrogen-bond donors (Lipinski definition) is 2. The molecule has 2 N–H and O–H groups in total. The number of carbonyl (C=O) groups is 1. The Hall–Kier alpha value is -1.89. The number of nitrogens with zero attached hydrogens (tertiary/aromatic N) is 1. The summed E-state index contributed by atoms with van der Waals surface area (Å²) in [4.78, 5) is 41.1. The van der Waals surface area contributed by atoms with Crippen LogP contribution >= 0.6 is 0 Å².